The molecule has 1 aromatic heterocycles. The Kier molecular flexibility index (Phi) is 4.07. The van der Waals surface area contributed by atoms with Gasteiger partial charge in [-0.1, -0.05) is 26.8 Å². The standard InChI is InChI=1S/C12H15ClF3N/c1-11(2,3)9(13)7-8-5-4-6-10(17-8)12(14,15)16/h4-6,9H,7H2,1-3H3. The number of halogens is 4. The molecule has 1 rings (SSSR count). The highest BCUT2D eigenvalue weighted by Crippen LogP contribution is 2.30. The molecule has 1 atom stereocenters. The molecular weight excluding hydrogens is 251 g/mol. The van der Waals surface area contributed by atoms with Gasteiger partial charge in [-0.25, -0.2) is 4.98 Å². The molecule has 96 valence electrons. The molecule has 17 heavy (non-hydrogen) atoms. The van der Waals surface area contributed by atoms with Crippen LogP contribution < -0.4 is 0 Å². The number of rotatable bonds is 2. The maximum Gasteiger partial charge on any atom is 0.433 e. The van der Waals surface area contributed by atoms with Crippen molar-refractivity contribution in [3.05, 3.63) is 29.6 Å². The van der Waals surface area contributed by atoms with Gasteiger partial charge in [-0.2, -0.15) is 13.2 Å². The molecule has 0 bridgehead atoms. The number of hydrogen-bond donors (Lipinski definition) is 0. The summed E-state index contributed by atoms with van der Waals surface area (Å²) in [5, 5.41) is -0.251. The highest BCUT2D eigenvalue weighted by atomic mass is 35.5. The predicted octanol–water partition coefficient (Wildman–Crippen LogP) is 4.30. The average Bonchev–Trinajstić information content (AvgIpc) is 2.15. The average molecular weight is 266 g/mol. The second-order valence-corrected chi connectivity index (χ2v) is 5.58. The topological polar surface area (TPSA) is 12.9 Å². The van der Waals surface area contributed by atoms with Crippen LogP contribution in [0.1, 0.15) is 32.2 Å². The normalized spacial score (nSPS) is 14.8. The lowest BCUT2D eigenvalue weighted by atomic mass is 9.89. The highest BCUT2D eigenvalue weighted by Gasteiger charge is 2.32. The van der Waals surface area contributed by atoms with E-state index >= 15 is 0 Å². The van der Waals surface area contributed by atoms with E-state index < -0.39 is 11.9 Å². The fourth-order valence-corrected chi connectivity index (χ4v) is 1.40. The summed E-state index contributed by atoms with van der Waals surface area (Å²) in [5.74, 6) is 0. The zero-order chi connectivity index (χ0) is 13.3. The van der Waals surface area contributed by atoms with E-state index in [0.29, 0.717) is 12.1 Å². The van der Waals surface area contributed by atoms with Gasteiger partial charge in [0, 0.05) is 17.5 Å². The third-order valence-corrected chi connectivity index (χ3v) is 3.23. The van der Waals surface area contributed by atoms with E-state index in [1.807, 2.05) is 20.8 Å². The van der Waals surface area contributed by atoms with E-state index in [4.69, 9.17) is 11.6 Å². The number of aromatic nitrogens is 1. The second-order valence-electron chi connectivity index (χ2n) is 5.05. The quantitative estimate of drug-likeness (QED) is 0.727. The lowest BCUT2D eigenvalue weighted by Gasteiger charge is -2.24. The van der Waals surface area contributed by atoms with Crippen LogP contribution in [0.3, 0.4) is 0 Å². The van der Waals surface area contributed by atoms with Gasteiger partial charge in [0.25, 0.3) is 0 Å². The monoisotopic (exact) mass is 265 g/mol. The largest absolute Gasteiger partial charge is 0.433 e. The lowest BCUT2D eigenvalue weighted by molar-refractivity contribution is -0.141. The second kappa shape index (κ2) is 4.84. The Balaban J connectivity index is 2.87. The summed E-state index contributed by atoms with van der Waals surface area (Å²) in [7, 11) is 0. The Hall–Kier alpha value is -0.770. The first-order valence-electron chi connectivity index (χ1n) is 5.28. The van der Waals surface area contributed by atoms with Gasteiger partial charge in [-0.05, 0) is 17.5 Å². The Bertz CT molecular complexity index is 382. The van der Waals surface area contributed by atoms with E-state index in [1.165, 1.54) is 6.07 Å². The van der Waals surface area contributed by atoms with Crippen LogP contribution in [0.4, 0.5) is 13.2 Å². The van der Waals surface area contributed by atoms with Crippen LogP contribution >= 0.6 is 11.6 Å². The SMILES string of the molecule is CC(C)(C)C(Cl)Cc1cccc(C(F)(F)F)n1. The Morgan fingerprint density at radius 1 is 1.24 bits per heavy atom. The maximum absolute atomic E-state index is 12.4. The molecule has 0 radical (unpaired) electrons. The number of alkyl halides is 4. The van der Waals surface area contributed by atoms with Gasteiger partial charge < -0.3 is 0 Å². The van der Waals surface area contributed by atoms with Gasteiger partial charge in [0.1, 0.15) is 5.69 Å². The molecule has 0 N–H and O–H groups in total. The number of nitrogens with zero attached hydrogens (tertiary/aromatic N) is 1. The van der Waals surface area contributed by atoms with Crippen LogP contribution in [-0.4, -0.2) is 10.4 Å². The van der Waals surface area contributed by atoms with Crippen molar-refractivity contribution in [3.8, 4) is 0 Å². The molecule has 0 spiro atoms. The smallest absolute Gasteiger partial charge is 0.248 e. The summed E-state index contributed by atoms with van der Waals surface area (Å²) in [4.78, 5) is 3.59. The van der Waals surface area contributed by atoms with Crippen LogP contribution in [0, 0.1) is 5.41 Å². The molecule has 1 heterocycles. The summed E-state index contributed by atoms with van der Waals surface area (Å²) in [6.45, 7) is 5.83. The van der Waals surface area contributed by atoms with Crippen molar-refractivity contribution < 1.29 is 13.2 Å². The van der Waals surface area contributed by atoms with Gasteiger partial charge in [-0.3, -0.25) is 0 Å². The predicted molar refractivity (Wildman–Crippen MR) is 62.0 cm³/mol. The molecule has 0 aliphatic carbocycles. The van der Waals surface area contributed by atoms with Crippen molar-refractivity contribution in [3.63, 3.8) is 0 Å². The van der Waals surface area contributed by atoms with Crippen LogP contribution in [-0.2, 0) is 12.6 Å². The summed E-state index contributed by atoms with van der Waals surface area (Å²) in [6.07, 6.45) is -4.07. The molecule has 1 unspecified atom stereocenters. The molecule has 0 aliphatic rings. The van der Waals surface area contributed by atoms with Crippen molar-refractivity contribution in [2.45, 2.75) is 38.7 Å². The Morgan fingerprint density at radius 2 is 1.82 bits per heavy atom. The van der Waals surface area contributed by atoms with Crippen LogP contribution in [0.15, 0.2) is 18.2 Å². The van der Waals surface area contributed by atoms with Crippen LogP contribution in [0.5, 0.6) is 0 Å². The van der Waals surface area contributed by atoms with E-state index in [2.05, 4.69) is 4.98 Å². The first kappa shape index (κ1) is 14.3. The van der Waals surface area contributed by atoms with Crippen molar-refractivity contribution >= 4 is 11.6 Å². The van der Waals surface area contributed by atoms with Crippen LogP contribution in [0.25, 0.3) is 0 Å². The zero-order valence-electron chi connectivity index (χ0n) is 9.98. The molecule has 0 fully saturated rings. The van der Waals surface area contributed by atoms with E-state index in [0.717, 1.165) is 6.07 Å². The van der Waals surface area contributed by atoms with E-state index in [-0.39, 0.29) is 10.8 Å². The van der Waals surface area contributed by atoms with Gasteiger partial charge in [0.15, 0.2) is 0 Å². The lowest BCUT2D eigenvalue weighted by Crippen LogP contribution is -2.23. The molecule has 1 nitrogen and oxygen atoms in total. The van der Waals surface area contributed by atoms with Gasteiger partial charge >= 0.3 is 6.18 Å². The summed E-state index contributed by atoms with van der Waals surface area (Å²) in [6, 6.07) is 3.89. The maximum atomic E-state index is 12.4. The fourth-order valence-electron chi connectivity index (χ4n) is 1.24. The molecule has 0 aliphatic heterocycles. The summed E-state index contributed by atoms with van der Waals surface area (Å²) >= 11 is 6.14. The fraction of sp³-hybridized carbons (Fsp3) is 0.583. The number of hydrogen-bond acceptors (Lipinski definition) is 1. The minimum Gasteiger partial charge on any atom is -0.248 e. The van der Waals surface area contributed by atoms with E-state index in [1.54, 1.807) is 6.07 Å². The molecule has 5 heteroatoms. The molecule has 1 aromatic rings. The van der Waals surface area contributed by atoms with E-state index in [9.17, 15) is 13.2 Å². The van der Waals surface area contributed by atoms with Crippen molar-refractivity contribution in [1.82, 2.24) is 4.98 Å². The van der Waals surface area contributed by atoms with Crippen LogP contribution in [0.2, 0.25) is 0 Å². The third kappa shape index (κ3) is 4.19. The molecule has 0 aromatic carbocycles. The molecule has 0 saturated carbocycles. The number of pyridine rings is 1. The minimum atomic E-state index is -4.40. The Labute approximate surface area is 104 Å². The third-order valence-electron chi connectivity index (χ3n) is 2.43. The minimum absolute atomic E-state index is 0.169. The van der Waals surface area contributed by atoms with Gasteiger partial charge in [-0.15, -0.1) is 11.6 Å². The van der Waals surface area contributed by atoms with Crippen molar-refractivity contribution in [1.29, 1.82) is 0 Å². The molecule has 0 saturated heterocycles. The highest BCUT2D eigenvalue weighted by molar-refractivity contribution is 6.21. The summed E-state index contributed by atoms with van der Waals surface area (Å²) < 4.78 is 37.3. The molecular formula is C12H15ClF3N. The first-order valence-corrected chi connectivity index (χ1v) is 5.71. The van der Waals surface area contributed by atoms with Gasteiger partial charge in [0.2, 0.25) is 0 Å². The van der Waals surface area contributed by atoms with Crippen molar-refractivity contribution in [2.24, 2.45) is 5.41 Å². The first-order chi connectivity index (χ1) is 7.60. The van der Waals surface area contributed by atoms with Crippen molar-refractivity contribution in [2.75, 3.05) is 0 Å². The Morgan fingerprint density at radius 3 is 2.29 bits per heavy atom. The van der Waals surface area contributed by atoms with Gasteiger partial charge in [0.05, 0.1) is 0 Å². The molecule has 0 amide bonds. The zero-order valence-corrected chi connectivity index (χ0v) is 10.7. The summed E-state index contributed by atoms with van der Waals surface area (Å²) in [5.41, 5.74) is -0.667.